The molecule has 0 aliphatic heterocycles. The summed E-state index contributed by atoms with van der Waals surface area (Å²) in [4.78, 5) is 25.1. The minimum Gasteiger partial charge on any atom is -0.469 e. The highest BCUT2D eigenvalue weighted by molar-refractivity contribution is 7.89. The molecule has 1 rings (SSSR count). The van der Waals surface area contributed by atoms with Crippen molar-refractivity contribution < 1.29 is 22.7 Å². The van der Waals surface area contributed by atoms with Gasteiger partial charge in [0.1, 0.15) is 0 Å². The van der Waals surface area contributed by atoms with Gasteiger partial charge >= 0.3 is 5.97 Å². The van der Waals surface area contributed by atoms with Crippen LogP contribution in [0.2, 0.25) is 0 Å². The number of primary sulfonamides is 1. The van der Waals surface area contributed by atoms with E-state index in [9.17, 15) is 18.0 Å². The summed E-state index contributed by atoms with van der Waals surface area (Å²) in [6.07, 6.45) is 1.86. The second kappa shape index (κ2) is 9.39. The van der Waals surface area contributed by atoms with Gasteiger partial charge in [0.15, 0.2) is 0 Å². The molecule has 2 N–H and O–H groups in total. The third-order valence-electron chi connectivity index (χ3n) is 3.55. The summed E-state index contributed by atoms with van der Waals surface area (Å²) in [6, 6.07) is 6.22. The van der Waals surface area contributed by atoms with Crippen LogP contribution in [-0.4, -0.2) is 45.4 Å². The molecule has 0 saturated heterocycles. The van der Waals surface area contributed by atoms with Gasteiger partial charge in [-0.3, -0.25) is 9.59 Å². The standard InChI is InChI=1S/C16H24N2O5S/c1-3-4-15(19)18(12-10-16(20)23-2)11-9-13-5-7-14(8-6-13)24(17,21)22/h5-8H,3-4,9-12H2,1-2H3,(H2,17,21,22). The summed E-state index contributed by atoms with van der Waals surface area (Å²) < 4.78 is 27.1. The first kappa shape index (κ1) is 20.1. The lowest BCUT2D eigenvalue weighted by atomic mass is 10.1. The van der Waals surface area contributed by atoms with Crippen LogP contribution in [-0.2, 0) is 30.8 Å². The van der Waals surface area contributed by atoms with Gasteiger partial charge < -0.3 is 9.64 Å². The number of benzene rings is 1. The van der Waals surface area contributed by atoms with E-state index in [0.29, 0.717) is 25.9 Å². The molecule has 8 heteroatoms. The van der Waals surface area contributed by atoms with Gasteiger partial charge in [-0.1, -0.05) is 19.1 Å². The molecular weight excluding hydrogens is 332 g/mol. The molecule has 0 radical (unpaired) electrons. The number of esters is 1. The van der Waals surface area contributed by atoms with Gasteiger partial charge in [0.25, 0.3) is 0 Å². The zero-order chi connectivity index (χ0) is 18.2. The van der Waals surface area contributed by atoms with E-state index in [1.54, 1.807) is 17.0 Å². The van der Waals surface area contributed by atoms with Gasteiger partial charge in [0.2, 0.25) is 15.9 Å². The number of ether oxygens (including phenoxy) is 1. The molecule has 24 heavy (non-hydrogen) atoms. The van der Waals surface area contributed by atoms with E-state index in [1.807, 2.05) is 6.92 Å². The van der Waals surface area contributed by atoms with Gasteiger partial charge in [-0.25, -0.2) is 13.6 Å². The van der Waals surface area contributed by atoms with Crippen molar-refractivity contribution in [2.24, 2.45) is 5.14 Å². The Morgan fingerprint density at radius 3 is 2.25 bits per heavy atom. The normalized spacial score (nSPS) is 11.1. The quantitative estimate of drug-likeness (QED) is 0.666. The number of nitrogens with two attached hydrogens (primary N) is 1. The first-order valence-electron chi connectivity index (χ1n) is 7.74. The summed E-state index contributed by atoms with van der Waals surface area (Å²) in [5, 5.41) is 5.06. The molecule has 1 aromatic carbocycles. The maximum Gasteiger partial charge on any atom is 0.307 e. The van der Waals surface area contributed by atoms with Gasteiger partial charge in [0, 0.05) is 19.5 Å². The van der Waals surface area contributed by atoms with Crippen LogP contribution in [0.15, 0.2) is 29.2 Å². The fourth-order valence-electron chi connectivity index (χ4n) is 2.17. The molecule has 0 aliphatic rings. The molecule has 0 atom stereocenters. The van der Waals surface area contributed by atoms with Crippen LogP contribution in [0.3, 0.4) is 0 Å². The Labute approximate surface area is 142 Å². The van der Waals surface area contributed by atoms with E-state index in [-0.39, 0.29) is 23.2 Å². The number of rotatable bonds is 9. The lowest BCUT2D eigenvalue weighted by Gasteiger charge is -2.22. The Bertz CT molecular complexity index is 656. The lowest BCUT2D eigenvalue weighted by molar-refractivity contribution is -0.141. The molecule has 1 aromatic rings. The highest BCUT2D eigenvalue weighted by atomic mass is 32.2. The van der Waals surface area contributed by atoms with Crippen LogP contribution in [0.5, 0.6) is 0 Å². The van der Waals surface area contributed by atoms with E-state index in [1.165, 1.54) is 19.2 Å². The molecule has 0 aliphatic carbocycles. The maximum absolute atomic E-state index is 12.1. The van der Waals surface area contributed by atoms with Gasteiger partial charge in [-0.15, -0.1) is 0 Å². The van der Waals surface area contributed by atoms with E-state index in [0.717, 1.165) is 12.0 Å². The highest BCUT2D eigenvalue weighted by Crippen LogP contribution is 2.10. The van der Waals surface area contributed by atoms with Gasteiger partial charge in [-0.2, -0.15) is 0 Å². The van der Waals surface area contributed by atoms with Crippen molar-refractivity contribution in [3.63, 3.8) is 0 Å². The number of sulfonamides is 1. The molecule has 0 heterocycles. The van der Waals surface area contributed by atoms with Crippen LogP contribution in [0, 0.1) is 0 Å². The van der Waals surface area contributed by atoms with E-state index in [2.05, 4.69) is 4.74 Å². The van der Waals surface area contributed by atoms with Crippen LogP contribution in [0.25, 0.3) is 0 Å². The Kier molecular flexibility index (Phi) is 7.87. The zero-order valence-corrected chi connectivity index (χ0v) is 14.8. The molecule has 0 unspecified atom stereocenters. The summed E-state index contributed by atoms with van der Waals surface area (Å²) in [6.45, 7) is 2.67. The first-order chi connectivity index (χ1) is 11.3. The minimum absolute atomic E-state index is 0.0115. The van der Waals surface area contributed by atoms with E-state index in [4.69, 9.17) is 5.14 Å². The number of amides is 1. The Hall–Kier alpha value is -1.93. The molecule has 0 spiro atoms. The average molecular weight is 356 g/mol. The monoisotopic (exact) mass is 356 g/mol. The van der Waals surface area contributed by atoms with Crippen molar-refractivity contribution >= 4 is 21.9 Å². The average Bonchev–Trinajstić information content (AvgIpc) is 2.54. The molecule has 7 nitrogen and oxygen atoms in total. The second-order valence-corrected chi connectivity index (χ2v) is 6.96. The maximum atomic E-state index is 12.1. The van der Waals surface area contributed by atoms with Crippen LogP contribution < -0.4 is 5.14 Å². The fraction of sp³-hybridized carbons (Fsp3) is 0.500. The van der Waals surface area contributed by atoms with Gasteiger partial charge in [0.05, 0.1) is 18.4 Å². The van der Waals surface area contributed by atoms with E-state index < -0.39 is 10.0 Å². The molecule has 0 fully saturated rings. The smallest absolute Gasteiger partial charge is 0.307 e. The van der Waals surface area contributed by atoms with Crippen molar-refractivity contribution in [3.05, 3.63) is 29.8 Å². The molecular formula is C16H24N2O5S. The number of carbonyl (C=O) groups is 2. The number of nitrogens with zero attached hydrogens (tertiary/aromatic N) is 1. The Balaban J connectivity index is 2.69. The summed E-state index contributed by atoms with van der Waals surface area (Å²) >= 11 is 0. The molecule has 134 valence electrons. The summed E-state index contributed by atoms with van der Waals surface area (Å²) in [7, 11) is -2.40. The van der Waals surface area contributed by atoms with Crippen LogP contribution >= 0.6 is 0 Å². The van der Waals surface area contributed by atoms with Crippen molar-refractivity contribution in [2.45, 2.75) is 37.5 Å². The lowest BCUT2D eigenvalue weighted by Crippen LogP contribution is -2.34. The van der Waals surface area contributed by atoms with Crippen molar-refractivity contribution in [2.75, 3.05) is 20.2 Å². The second-order valence-electron chi connectivity index (χ2n) is 5.40. The number of methoxy groups -OCH3 is 1. The fourth-order valence-corrected chi connectivity index (χ4v) is 2.69. The van der Waals surface area contributed by atoms with Gasteiger partial charge in [-0.05, 0) is 30.5 Å². The third kappa shape index (κ3) is 6.67. The summed E-state index contributed by atoms with van der Waals surface area (Å²) in [5.74, 6) is -0.371. The SMILES string of the molecule is CCCC(=O)N(CCC(=O)OC)CCc1ccc(S(N)(=O)=O)cc1. The number of hydrogen-bond donors (Lipinski definition) is 1. The number of carbonyl (C=O) groups excluding carboxylic acids is 2. The third-order valence-corrected chi connectivity index (χ3v) is 4.48. The summed E-state index contributed by atoms with van der Waals surface area (Å²) in [5.41, 5.74) is 0.884. The topological polar surface area (TPSA) is 107 Å². The minimum atomic E-state index is -3.71. The van der Waals surface area contributed by atoms with E-state index >= 15 is 0 Å². The Morgan fingerprint density at radius 1 is 1.12 bits per heavy atom. The molecule has 1 amide bonds. The number of hydrogen-bond acceptors (Lipinski definition) is 5. The molecule has 0 bridgehead atoms. The molecule has 0 aromatic heterocycles. The van der Waals surface area contributed by atoms with Crippen LogP contribution in [0.4, 0.5) is 0 Å². The van der Waals surface area contributed by atoms with Crippen molar-refractivity contribution in [3.8, 4) is 0 Å². The first-order valence-corrected chi connectivity index (χ1v) is 9.29. The highest BCUT2D eigenvalue weighted by Gasteiger charge is 2.15. The predicted octanol–water partition coefficient (Wildman–Crippen LogP) is 1.07. The predicted molar refractivity (Wildman–Crippen MR) is 89.6 cm³/mol. The Morgan fingerprint density at radius 2 is 1.75 bits per heavy atom. The zero-order valence-electron chi connectivity index (χ0n) is 14.0. The largest absolute Gasteiger partial charge is 0.469 e. The van der Waals surface area contributed by atoms with Crippen molar-refractivity contribution in [1.29, 1.82) is 0 Å². The van der Waals surface area contributed by atoms with Crippen LogP contribution in [0.1, 0.15) is 31.7 Å². The van der Waals surface area contributed by atoms with Crippen molar-refractivity contribution in [1.82, 2.24) is 4.90 Å². The molecule has 0 saturated carbocycles.